The van der Waals surface area contributed by atoms with Crippen LogP contribution in [-0.2, 0) is 0 Å². The highest BCUT2D eigenvalue weighted by Crippen LogP contribution is 2.33. The topological polar surface area (TPSA) is 75.4 Å². The number of nitrogens with zero attached hydrogens (tertiary/aromatic N) is 1. The number of aliphatic hydroxyl groups is 1. The fourth-order valence-corrected chi connectivity index (χ4v) is 2.75. The van der Waals surface area contributed by atoms with E-state index in [2.05, 4.69) is 5.32 Å². The Labute approximate surface area is 116 Å². The summed E-state index contributed by atoms with van der Waals surface area (Å²) in [6, 6.07) is 4.81. The van der Waals surface area contributed by atoms with Crippen molar-refractivity contribution >= 4 is 23.0 Å². The van der Waals surface area contributed by atoms with E-state index in [-0.39, 0.29) is 22.7 Å². The number of aliphatic hydroxyl groups excluding tert-OH is 1. The minimum atomic E-state index is -0.484. The third kappa shape index (κ3) is 3.36. The Hall–Kier alpha value is -1.33. The predicted octanol–water partition coefficient (Wildman–Crippen LogP) is 3.21. The third-order valence-electron chi connectivity index (χ3n) is 3.59. The van der Waals surface area contributed by atoms with Gasteiger partial charge in [0, 0.05) is 12.5 Å². The van der Waals surface area contributed by atoms with Gasteiger partial charge in [-0.2, -0.15) is 0 Å². The standard InChI is InChI=1S/C13H17ClN2O3/c14-10-5-3-6-11(13(10)16(18)19)15-8-9-4-1-2-7-12(9)17/h3,5-6,9,12,15,17H,1-2,4,7-8H2. The fourth-order valence-electron chi connectivity index (χ4n) is 2.51. The van der Waals surface area contributed by atoms with Crippen LogP contribution in [-0.4, -0.2) is 22.7 Å². The molecule has 2 unspecified atom stereocenters. The summed E-state index contributed by atoms with van der Waals surface area (Å²) >= 11 is 5.84. The van der Waals surface area contributed by atoms with Crippen LogP contribution in [0.3, 0.4) is 0 Å². The SMILES string of the molecule is O=[N+]([O-])c1c(Cl)cccc1NCC1CCCCC1O. The molecule has 1 aliphatic carbocycles. The first-order valence-electron chi connectivity index (χ1n) is 6.44. The van der Waals surface area contributed by atoms with Crippen molar-refractivity contribution in [3.63, 3.8) is 0 Å². The quantitative estimate of drug-likeness (QED) is 0.657. The Kier molecular flexibility index (Phi) is 4.61. The lowest BCUT2D eigenvalue weighted by molar-refractivity contribution is -0.383. The minimum Gasteiger partial charge on any atom is -0.393 e. The molecular formula is C13H17ClN2O3. The molecule has 0 aromatic heterocycles. The highest BCUT2D eigenvalue weighted by atomic mass is 35.5. The van der Waals surface area contributed by atoms with Crippen LogP contribution in [0.1, 0.15) is 25.7 Å². The maximum atomic E-state index is 11.0. The number of nitrogens with one attached hydrogen (secondary N) is 1. The molecule has 2 atom stereocenters. The highest BCUT2D eigenvalue weighted by molar-refractivity contribution is 6.33. The van der Waals surface area contributed by atoms with E-state index in [9.17, 15) is 15.2 Å². The van der Waals surface area contributed by atoms with Crippen molar-refractivity contribution in [2.24, 2.45) is 5.92 Å². The number of benzene rings is 1. The van der Waals surface area contributed by atoms with Crippen LogP contribution in [0.15, 0.2) is 18.2 Å². The molecule has 5 nitrogen and oxygen atoms in total. The molecule has 0 radical (unpaired) electrons. The van der Waals surface area contributed by atoms with Crippen LogP contribution in [0.2, 0.25) is 5.02 Å². The van der Waals surface area contributed by atoms with Crippen molar-refractivity contribution in [2.45, 2.75) is 31.8 Å². The second-order valence-corrected chi connectivity index (χ2v) is 5.29. The van der Waals surface area contributed by atoms with Gasteiger partial charge in [-0.25, -0.2) is 0 Å². The second-order valence-electron chi connectivity index (χ2n) is 4.89. The molecule has 0 bridgehead atoms. The molecule has 104 valence electrons. The monoisotopic (exact) mass is 284 g/mol. The van der Waals surface area contributed by atoms with Gasteiger partial charge in [0.25, 0.3) is 0 Å². The van der Waals surface area contributed by atoms with Crippen molar-refractivity contribution < 1.29 is 10.0 Å². The maximum Gasteiger partial charge on any atom is 0.310 e. The number of nitro benzene ring substituents is 1. The van der Waals surface area contributed by atoms with Gasteiger partial charge in [-0.1, -0.05) is 30.5 Å². The molecule has 0 spiro atoms. The Balaban J connectivity index is 2.07. The summed E-state index contributed by atoms with van der Waals surface area (Å²) in [5, 5.41) is 24.0. The van der Waals surface area contributed by atoms with Gasteiger partial charge in [0.1, 0.15) is 10.7 Å². The molecule has 1 fully saturated rings. The smallest absolute Gasteiger partial charge is 0.310 e. The van der Waals surface area contributed by atoms with Gasteiger partial charge >= 0.3 is 5.69 Å². The van der Waals surface area contributed by atoms with Crippen LogP contribution >= 0.6 is 11.6 Å². The summed E-state index contributed by atoms with van der Waals surface area (Å²) < 4.78 is 0. The Morgan fingerprint density at radius 3 is 2.84 bits per heavy atom. The summed E-state index contributed by atoms with van der Waals surface area (Å²) in [6.45, 7) is 0.530. The van der Waals surface area contributed by atoms with Crippen LogP contribution < -0.4 is 5.32 Å². The lowest BCUT2D eigenvalue weighted by Crippen LogP contribution is -2.30. The number of hydrogen-bond donors (Lipinski definition) is 2. The van der Waals surface area contributed by atoms with E-state index in [0.29, 0.717) is 12.2 Å². The lowest BCUT2D eigenvalue weighted by Gasteiger charge is -2.27. The zero-order valence-corrected chi connectivity index (χ0v) is 11.3. The zero-order chi connectivity index (χ0) is 13.8. The van der Waals surface area contributed by atoms with Gasteiger partial charge in [-0.05, 0) is 25.0 Å². The normalized spacial score (nSPS) is 23.1. The van der Waals surface area contributed by atoms with Gasteiger partial charge in [-0.15, -0.1) is 0 Å². The maximum absolute atomic E-state index is 11.0. The van der Waals surface area contributed by atoms with Gasteiger partial charge in [-0.3, -0.25) is 10.1 Å². The Morgan fingerprint density at radius 1 is 1.42 bits per heavy atom. The Morgan fingerprint density at radius 2 is 2.16 bits per heavy atom. The molecule has 2 N–H and O–H groups in total. The third-order valence-corrected chi connectivity index (χ3v) is 3.90. The number of rotatable bonds is 4. The van der Waals surface area contributed by atoms with E-state index in [1.54, 1.807) is 12.1 Å². The summed E-state index contributed by atoms with van der Waals surface area (Å²) in [5.74, 6) is 0.146. The van der Waals surface area contributed by atoms with E-state index in [0.717, 1.165) is 25.7 Å². The number of anilines is 1. The second kappa shape index (κ2) is 6.21. The summed E-state index contributed by atoms with van der Waals surface area (Å²) in [7, 11) is 0. The zero-order valence-electron chi connectivity index (χ0n) is 10.5. The Bertz CT molecular complexity index is 467. The van der Waals surface area contributed by atoms with Crippen LogP contribution in [0.5, 0.6) is 0 Å². The molecule has 0 aliphatic heterocycles. The van der Waals surface area contributed by atoms with Crippen molar-refractivity contribution in [2.75, 3.05) is 11.9 Å². The summed E-state index contributed by atoms with van der Waals surface area (Å²) in [6.07, 6.45) is 3.59. The molecular weight excluding hydrogens is 268 g/mol. The van der Waals surface area contributed by atoms with E-state index >= 15 is 0 Å². The largest absolute Gasteiger partial charge is 0.393 e. The highest BCUT2D eigenvalue weighted by Gasteiger charge is 2.24. The molecule has 1 saturated carbocycles. The van der Waals surface area contributed by atoms with Crippen LogP contribution in [0.4, 0.5) is 11.4 Å². The molecule has 0 saturated heterocycles. The first-order valence-corrected chi connectivity index (χ1v) is 6.82. The average molecular weight is 285 g/mol. The molecule has 0 heterocycles. The molecule has 1 aliphatic rings. The number of para-hydroxylation sites is 1. The molecule has 0 amide bonds. The fraction of sp³-hybridized carbons (Fsp3) is 0.538. The minimum absolute atomic E-state index is 0.102. The predicted molar refractivity (Wildman–Crippen MR) is 74.6 cm³/mol. The first kappa shape index (κ1) is 14.1. The van der Waals surface area contributed by atoms with Gasteiger partial charge in [0.05, 0.1) is 11.0 Å². The number of nitro groups is 1. The molecule has 19 heavy (non-hydrogen) atoms. The van der Waals surface area contributed by atoms with E-state index in [4.69, 9.17) is 11.6 Å². The number of halogens is 1. The van der Waals surface area contributed by atoms with Crippen molar-refractivity contribution in [1.82, 2.24) is 0 Å². The number of hydrogen-bond acceptors (Lipinski definition) is 4. The lowest BCUT2D eigenvalue weighted by atomic mass is 9.86. The van der Waals surface area contributed by atoms with Crippen molar-refractivity contribution in [1.29, 1.82) is 0 Å². The van der Waals surface area contributed by atoms with Gasteiger partial charge < -0.3 is 10.4 Å². The van der Waals surface area contributed by atoms with Gasteiger partial charge in [0.2, 0.25) is 0 Å². The van der Waals surface area contributed by atoms with Crippen molar-refractivity contribution in [3.8, 4) is 0 Å². The van der Waals surface area contributed by atoms with Gasteiger partial charge in [0.15, 0.2) is 0 Å². The summed E-state index contributed by atoms with van der Waals surface area (Å²) in [4.78, 5) is 10.5. The first-order chi connectivity index (χ1) is 9.09. The summed E-state index contributed by atoms with van der Waals surface area (Å²) in [5.41, 5.74) is 0.310. The van der Waals surface area contributed by atoms with E-state index in [1.807, 2.05) is 0 Å². The van der Waals surface area contributed by atoms with E-state index < -0.39 is 4.92 Å². The molecule has 6 heteroatoms. The molecule has 1 aromatic rings. The molecule has 1 aromatic carbocycles. The molecule has 2 rings (SSSR count). The van der Waals surface area contributed by atoms with E-state index in [1.165, 1.54) is 6.07 Å². The average Bonchev–Trinajstić information content (AvgIpc) is 2.37. The van der Waals surface area contributed by atoms with Crippen LogP contribution in [0, 0.1) is 16.0 Å². The van der Waals surface area contributed by atoms with Crippen LogP contribution in [0.25, 0.3) is 0 Å². The van der Waals surface area contributed by atoms with Crippen molar-refractivity contribution in [3.05, 3.63) is 33.3 Å².